The largest absolute Gasteiger partial charge is 0.467 e. The molecule has 0 atom stereocenters. The van der Waals surface area contributed by atoms with Gasteiger partial charge >= 0.3 is 0 Å². The van der Waals surface area contributed by atoms with Crippen LogP contribution >= 0.6 is 11.3 Å². The van der Waals surface area contributed by atoms with Crippen LogP contribution < -0.4 is 5.56 Å². The maximum absolute atomic E-state index is 12.6. The summed E-state index contributed by atoms with van der Waals surface area (Å²) in [5.74, 6) is 0.773. The summed E-state index contributed by atoms with van der Waals surface area (Å²) < 4.78 is 6.93. The summed E-state index contributed by atoms with van der Waals surface area (Å²) >= 11 is 1.67. The van der Waals surface area contributed by atoms with E-state index >= 15 is 0 Å². The van der Waals surface area contributed by atoms with Gasteiger partial charge in [0.15, 0.2) is 0 Å². The summed E-state index contributed by atoms with van der Waals surface area (Å²) in [5.41, 5.74) is 1.28. The first-order chi connectivity index (χ1) is 9.33. The topological polar surface area (TPSA) is 48.0 Å². The SMILES string of the molecule is O=c1c2c3c(sc2ncn1Cc1ccco1)CCC3. The zero-order chi connectivity index (χ0) is 12.8. The van der Waals surface area contributed by atoms with Crippen LogP contribution in [0.5, 0.6) is 0 Å². The fourth-order valence-electron chi connectivity index (χ4n) is 2.70. The molecular weight excluding hydrogens is 260 g/mol. The fourth-order valence-corrected chi connectivity index (χ4v) is 3.92. The molecule has 0 bridgehead atoms. The predicted octanol–water partition coefficient (Wildman–Crippen LogP) is 2.59. The minimum Gasteiger partial charge on any atom is -0.467 e. The molecule has 0 saturated carbocycles. The lowest BCUT2D eigenvalue weighted by Gasteiger charge is -2.03. The Morgan fingerprint density at radius 3 is 3.21 bits per heavy atom. The monoisotopic (exact) mass is 272 g/mol. The van der Waals surface area contributed by atoms with Crippen LogP contribution in [0, 0.1) is 0 Å². The Morgan fingerprint density at radius 1 is 1.42 bits per heavy atom. The molecule has 0 fully saturated rings. The maximum atomic E-state index is 12.6. The molecule has 0 saturated heterocycles. The summed E-state index contributed by atoms with van der Waals surface area (Å²) in [6, 6.07) is 3.70. The van der Waals surface area contributed by atoms with E-state index in [2.05, 4.69) is 4.98 Å². The van der Waals surface area contributed by atoms with Crippen LogP contribution in [0.25, 0.3) is 10.2 Å². The van der Waals surface area contributed by atoms with E-state index in [1.54, 1.807) is 28.5 Å². The number of rotatable bonds is 2. The van der Waals surface area contributed by atoms with Crippen molar-refractivity contribution in [1.82, 2.24) is 9.55 Å². The van der Waals surface area contributed by atoms with Gasteiger partial charge in [0.05, 0.1) is 24.5 Å². The van der Waals surface area contributed by atoms with Gasteiger partial charge in [0.25, 0.3) is 5.56 Å². The van der Waals surface area contributed by atoms with Gasteiger partial charge in [0, 0.05) is 4.88 Å². The Morgan fingerprint density at radius 2 is 2.37 bits per heavy atom. The van der Waals surface area contributed by atoms with E-state index in [1.165, 1.54) is 10.4 Å². The Hall–Kier alpha value is -1.88. The van der Waals surface area contributed by atoms with E-state index < -0.39 is 0 Å². The highest BCUT2D eigenvalue weighted by atomic mass is 32.1. The average molecular weight is 272 g/mol. The lowest BCUT2D eigenvalue weighted by Crippen LogP contribution is -2.21. The lowest BCUT2D eigenvalue weighted by atomic mass is 10.2. The van der Waals surface area contributed by atoms with Gasteiger partial charge in [-0.05, 0) is 37.0 Å². The van der Waals surface area contributed by atoms with Crippen LogP contribution in [-0.4, -0.2) is 9.55 Å². The number of aryl methyl sites for hydroxylation is 2. The maximum Gasteiger partial charge on any atom is 0.262 e. The Balaban J connectivity index is 1.89. The molecule has 0 spiro atoms. The summed E-state index contributed by atoms with van der Waals surface area (Å²) in [7, 11) is 0. The molecule has 0 unspecified atom stereocenters. The van der Waals surface area contributed by atoms with Crippen molar-refractivity contribution >= 4 is 21.6 Å². The van der Waals surface area contributed by atoms with Crippen molar-refractivity contribution < 1.29 is 4.42 Å². The van der Waals surface area contributed by atoms with Crippen molar-refractivity contribution in [3.63, 3.8) is 0 Å². The average Bonchev–Trinajstić information content (AvgIpc) is 3.08. The minimum absolute atomic E-state index is 0.0563. The molecule has 0 amide bonds. The molecule has 19 heavy (non-hydrogen) atoms. The second-order valence-electron chi connectivity index (χ2n) is 4.79. The van der Waals surface area contributed by atoms with Crippen LogP contribution in [-0.2, 0) is 19.4 Å². The molecule has 0 radical (unpaired) electrons. The normalized spacial score (nSPS) is 14.1. The number of hydrogen-bond donors (Lipinski definition) is 0. The van der Waals surface area contributed by atoms with Gasteiger partial charge in [0.1, 0.15) is 10.6 Å². The van der Waals surface area contributed by atoms with Crippen LogP contribution in [0.2, 0.25) is 0 Å². The lowest BCUT2D eigenvalue weighted by molar-refractivity contribution is 0.489. The summed E-state index contributed by atoms with van der Waals surface area (Å²) in [6.45, 7) is 0.444. The smallest absolute Gasteiger partial charge is 0.262 e. The van der Waals surface area contributed by atoms with E-state index in [0.717, 1.165) is 35.2 Å². The first-order valence-electron chi connectivity index (χ1n) is 6.35. The van der Waals surface area contributed by atoms with Gasteiger partial charge in [-0.1, -0.05) is 0 Å². The van der Waals surface area contributed by atoms with Crippen LogP contribution in [0.3, 0.4) is 0 Å². The first kappa shape index (κ1) is 11.0. The highest BCUT2D eigenvalue weighted by Gasteiger charge is 2.21. The predicted molar refractivity (Wildman–Crippen MR) is 73.7 cm³/mol. The zero-order valence-corrected chi connectivity index (χ0v) is 11.1. The molecule has 3 heterocycles. The van der Waals surface area contributed by atoms with Crippen molar-refractivity contribution in [2.75, 3.05) is 0 Å². The number of fused-ring (bicyclic) bond motifs is 3. The quantitative estimate of drug-likeness (QED) is 0.720. The molecule has 3 aromatic rings. The molecule has 1 aliphatic carbocycles. The molecule has 3 aromatic heterocycles. The third-order valence-electron chi connectivity index (χ3n) is 3.60. The standard InChI is InChI=1S/C14H12N2O2S/c17-14-12-10-4-1-5-11(10)19-13(12)15-8-16(14)7-9-3-2-6-18-9/h2-3,6,8H,1,4-5,7H2. The van der Waals surface area contributed by atoms with E-state index in [-0.39, 0.29) is 5.56 Å². The molecule has 5 heteroatoms. The Bertz CT molecular complexity index is 799. The van der Waals surface area contributed by atoms with Crippen molar-refractivity contribution in [2.24, 2.45) is 0 Å². The van der Waals surface area contributed by atoms with E-state index in [1.807, 2.05) is 12.1 Å². The van der Waals surface area contributed by atoms with Crippen LogP contribution in [0.1, 0.15) is 22.6 Å². The van der Waals surface area contributed by atoms with E-state index in [9.17, 15) is 4.79 Å². The van der Waals surface area contributed by atoms with Gasteiger partial charge in [-0.25, -0.2) is 4.98 Å². The zero-order valence-electron chi connectivity index (χ0n) is 10.3. The van der Waals surface area contributed by atoms with E-state index in [4.69, 9.17) is 4.42 Å². The molecule has 4 rings (SSSR count). The molecule has 4 nitrogen and oxygen atoms in total. The first-order valence-corrected chi connectivity index (χ1v) is 7.16. The summed E-state index contributed by atoms with van der Waals surface area (Å²) in [5, 5.41) is 0.826. The Labute approximate surface area is 113 Å². The second kappa shape index (κ2) is 4.06. The second-order valence-corrected chi connectivity index (χ2v) is 5.88. The number of thiophene rings is 1. The van der Waals surface area contributed by atoms with Gasteiger partial charge in [0.2, 0.25) is 0 Å². The minimum atomic E-state index is 0.0563. The molecule has 96 valence electrons. The van der Waals surface area contributed by atoms with Crippen molar-refractivity contribution in [2.45, 2.75) is 25.8 Å². The number of furan rings is 1. The third kappa shape index (κ3) is 1.65. The van der Waals surface area contributed by atoms with E-state index in [0.29, 0.717) is 6.54 Å². The van der Waals surface area contributed by atoms with Gasteiger partial charge in [-0.2, -0.15) is 0 Å². The third-order valence-corrected chi connectivity index (χ3v) is 4.80. The number of nitrogens with zero attached hydrogens (tertiary/aromatic N) is 2. The summed E-state index contributed by atoms with van der Waals surface area (Å²) in [6.07, 6.45) is 6.50. The Kier molecular flexibility index (Phi) is 2.35. The van der Waals surface area contributed by atoms with Gasteiger partial charge < -0.3 is 4.42 Å². The van der Waals surface area contributed by atoms with Crippen LogP contribution in [0.4, 0.5) is 0 Å². The molecule has 0 aromatic carbocycles. The highest BCUT2D eigenvalue weighted by molar-refractivity contribution is 7.18. The fraction of sp³-hybridized carbons (Fsp3) is 0.286. The highest BCUT2D eigenvalue weighted by Crippen LogP contribution is 2.34. The van der Waals surface area contributed by atoms with Gasteiger partial charge in [-0.15, -0.1) is 11.3 Å². The van der Waals surface area contributed by atoms with Crippen molar-refractivity contribution in [3.8, 4) is 0 Å². The number of hydrogen-bond acceptors (Lipinski definition) is 4. The van der Waals surface area contributed by atoms with Crippen molar-refractivity contribution in [1.29, 1.82) is 0 Å². The van der Waals surface area contributed by atoms with Crippen molar-refractivity contribution in [3.05, 3.63) is 51.3 Å². The molecule has 1 aliphatic rings. The van der Waals surface area contributed by atoms with Crippen LogP contribution in [0.15, 0.2) is 33.9 Å². The number of aromatic nitrogens is 2. The molecule has 0 aliphatic heterocycles. The molecular formula is C14H12N2O2S. The molecule has 0 N–H and O–H groups in total. The van der Waals surface area contributed by atoms with Gasteiger partial charge in [-0.3, -0.25) is 9.36 Å². The summed E-state index contributed by atoms with van der Waals surface area (Å²) in [4.78, 5) is 19.2.